The largest absolute Gasteiger partial charge is 0.416 e. The summed E-state index contributed by atoms with van der Waals surface area (Å²) in [6.07, 6.45) is -3.49. The van der Waals surface area contributed by atoms with Gasteiger partial charge in [-0.1, -0.05) is 6.07 Å². The van der Waals surface area contributed by atoms with Crippen LogP contribution in [0.15, 0.2) is 24.4 Å². The monoisotopic (exact) mass is 288 g/mol. The Bertz CT molecular complexity index is 676. The molecule has 19 heavy (non-hydrogen) atoms. The molecule has 1 aromatic heterocycles. The average Bonchev–Trinajstić information content (AvgIpc) is 2.31. The minimum atomic E-state index is -4.42. The Morgan fingerprint density at radius 1 is 1.26 bits per heavy atom. The van der Waals surface area contributed by atoms with E-state index in [4.69, 9.17) is 12.2 Å². The maximum absolute atomic E-state index is 13.6. The second kappa shape index (κ2) is 4.73. The summed E-state index contributed by atoms with van der Waals surface area (Å²) in [6, 6.07) is 3.08. The molecule has 0 radical (unpaired) electrons. The number of rotatable bonds is 1. The zero-order valence-electron chi connectivity index (χ0n) is 9.68. The first-order valence-electron chi connectivity index (χ1n) is 5.22. The first kappa shape index (κ1) is 13.7. The van der Waals surface area contributed by atoms with Crippen molar-refractivity contribution in [2.24, 2.45) is 0 Å². The van der Waals surface area contributed by atoms with Crippen LogP contribution in [0.25, 0.3) is 11.3 Å². The topological polar surface area (TPSA) is 28.7 Å². The number of nitrogens with zero attached hydrogens (tertiary/aromatic N) is 1. The fourth-order valence-corrected chi connectivity index (χ4v) is 1.85. The van der Waals surface area contributed by atoms with E-state index < -0.39 is 17.6 Å². The number of halogens is 4. The van der Waals surface area contributed by atoms with Crippen molar-refractivity contribution in [1.82, 2.24) is 9.97 Å². The molecule has 0 aliphatic carbocycles. The first-order valence-corrected chi connectivity index (χ1v) is 5.63. The molecule has 2 rings (SSSR count). The molecular formula is C12H8F4N2S. The number of alkyl halides is 3. The molecule has 0 saturated heterocycles. The van der Waals surface area contributed by atoms with Crippen molar-refractivity contribution in [2.45, 2.75) is 13.1 Å². The van der Waals surface area contributed by atoms with Gasteiger partial charge < -0.3 is 4.98 Å². The predicted octanol–water partition coefficient (Wildman–Crippen LogP) is 4.27. The summed E-state index contributed by atoms with van der Waals surface area (Å²) >= 11 is 4.77. The van der Waals surface area contributed by atoms with Gasteiger partial charge in [-0.3, -0.25) is 0 Å². The fourth-order valence-electron chi connectivity index (χ4n) is 1.70. The lowest BCUT2D eigenvalue weighted by Gasteiger charge is -2.11. The van der Waals surface area contributed by atoms with Gasteiger partial charge in [-0.2, -0.15) is 13.2 Å². The highest BCUT2D eigenvalue weighted by molar-refractivity contribution is 7.71. The van der Waals surface area contributed by atoms with E-state index in [1.165, 1.54) is 13.0 Å². The van der Waals surface area contributed by atoms with E-state index in [1.807, 2.05) is 0 Å². The molecule has 2 aromatic rings. The van der Waals surface area contributed by atoms with E-state index in [0.717, 1.165) is 18.3 Å². The first-order chi connectivity index (χ1) is 8.79. The van der Waals surface area contributed by atoms with Crippen molar-refractivity contribution >= 4 is 12.2 Å². The third-order valence-corrected chi connectivity index (χ3v) is 2.80. The second-order valence-electron chi connectivity index (χ2n) is 3.94. The molecule has 1 N–H and O–H groups in total. The smallest absolute Gasteiger partial charge is 0.328 e. The number of aromatic nitrogens is 2. The maximum atomic E-state index is 13.6. The number of hydrogen-bond donors (Lipinski definition) is 1. The van der Waals surface area contributed by atoms with Crippen molar-refractivity contribution in [1.29, 1.82) is 0 Å². The zero-order chi connectivity index (χ0) is 14.2. The van der Waals surface area contributed by atoms with Gasteiger partial charge in [0, 0.05) is 5.56 Å². The molecule has 0 spiro atoms. The van der Waals surface area contributed by atoms with Crippen molar-refractivity contribution in [3.63, 3.8) is 0 Å². The summed E-state index contributed by atoms with van der Waals surface area (Å²) < 4.78 is 51.3. The van der Waals surface area contributed by atoms with Crippen LogP contribution in [0.2, 0.25) is 0 Å². The number of aromatic amines is 1. The molecule has 0 aliphatic heterocycles. The summed E-state index contributed by atoms with van der Waals surface area (Å²) in [7, 11) is 0. The summed E-state index contributed by atoms with van der Waals surface area (Å²) in [4.78, 5) is 6.09. The lowest BCUT2D eigenvalue weighted by molar-refractivity contribution is -0.137. The predicted molar refractivity (Wildman–Crippen MR) is 64.6 cm³/mol. The lowest BCUT2D eigenvalue weighted by Crippen LogP contribution is -2.05. The standard InChI is InChI=1S/C12H8F4N2S/c1-6-4-7(12(14,15)16)2-3-8(6)10-9(13)5-17-11(19)18-10/h2-5H,1H3,(H,17,18,19). The summed E-state index contributed by atoms with van der Waals surface area (Å²) in [5, 5.41) is 0. The summed E-state index contributed by atoms with van der Waals surface area (Å²) in [6.45, 7) is 1.47. The SMILES string of the molecule is Cc1cc(C(F)(F)F)ccc1-c1[nH]c(=S)ncc1F. The Morgan fingerprint density at radius 3 is 2.53 bits per heavy atom. The van der Waals surface area contributed by atoms with E-state index in [0.29, 0.717) is 11.1 Å². The molecule has 0 fully saturated rings. The van der Waals surface area contributed by atoms with Crippen LogP contribution in [0.5, 0.6) is 0 Å². The van der Waals surface area contributed by atoms with Crippen LogP contribution in [0.1, 0.15) is 11.1 Å². The van der Waals surface area contributed by atoms with Crippen LogP contribution < -0.4 is 0 Å². The second-order valence-corrected chi connectivity index (χ2v) is 4.33. The minimum absolute atomic E-state index is 0.0335. The van der Waals surface area contributed by atoms with Gasteiger partial charge in [0.15, 0.2) is 10.6 Å². The Balaban J connectivity index is 2.59. The average molecular weight is 288 g/mol. The third-order valence-electron chi connectivity index (χ3n) is 2.59. The molecule has 2 nitrogen and oxygen atoms in total. The van der Waals surface area contributed by atoms with Crippen molar-refractivity contribution in [3.8, 4) is 11.3 Å². The number of H-pyrrole nitrogens is 1. The summed E-state index contributed by atoms with van der Waals surface area (Å²) in [5.74, 6) is -0.670. The lowest BCUT2D eigenvalue weighted by atomic mass is 10.0. The molecule has 0 atom stereocenters. The molecule has 0 bridgehead atoms. The van der Waals surface area contributed by atoms with E-state index >= 15 is 0 Å². The fraction of sp³-hybridized carbons (Fsp3) is 0.167. The molecule has 100 valence electrons. The van der Waals surface area contributed by atoms with Crippen LogP contribution >= 0.6 is 12.2 Å². The maximum Gasteiger partial charge on any atom is 0.416 e. The van der Waals surface area contributed by atoms with Gasteiger partial charge in [0.1, 0.15) is 0 Å². The molecule has 1 aromatic carbocycles. The Hall–Kier alpha value is -1.76. The van der Waals surface area contributed by atoms with Crippen molar-refractivity contribution < 1.29 is 17.6 Å². The third kappa shape index (κ3) is 2.81. The van der Waals surface area contributed by atoms with Crippen LogP contribution in [0, 0.1) is 17.5 Å². The highest BCUT2D eigenvalue weighted by Gasteiger charge is 2.30. The number of hydrogen-bond acceptors (Lipinski definition) is 2. The van der Waals surface area contributed by atoms with Gasteiger partial charge in [-0.05, 0) is 36.8 Å². The van der Waals surface area contributed by atoms with Gasteiger partial charge in [-0.25, -0.2) is 9.37 Å². The number of benzene rings is 1. The summed E-state index contributed by atoms with van der Waals surface area (Å²) in [5.41, 5.74) is -0.127. The van der Waals surface area contributed by atoms with Gasteiger partial charge in [0.2, 0.25) is 0 Å². The van der Waals surface area contributed by atoms with Crippen LogP contribution in [-0.2, 0) is 6.18 Å². The number of nitrogens with one attached hydrogen (secondary N) is 1. The molecular weight excluding hydrogens is 280 g/mol. The van der Waals surface area contributed by atoms with E-state index in [2.05, 4.69) is 9.97 Å². The number of aryl methyl sites for hydroxylation is 1. The molecule has 0 unspecified atom stereocenters. The van der Waals surface area contributed by atoms with E-state index in [9.17, 15) is 17.6 Å². The molecule has 7 heteroatoms. The van der Waals surface area contributed by atoms with E-state index in [-0.39, 0.29) is 10.5 Å². The Labute approximate surface area is 111 Å². The van der Waals surface area contributed by atoms with Gasteiger partial charge >= 0.3 is 6.18 Å². The van der Waals surface area contributed by atoms with Gasteiger partial charge in [-0.15, -0.1) is 0 Å². The Kier molecular flexibility index (Phi) is 3.40. The van der Waals surface area contributed by atoms with Gasteiger partial charge in [0.05, 0.1) is 17.5 Å². The minimum Gasteiger partial charge on any atom is -0.328 e. The highest BCUT2D eigenvalue weighted by atomic mass is 32.1. The normalized spacial score (nSPS) is 11.6. The van der Waals surface area contributed by atoms with Gasteiger partial charge in [0.25, 0.3) is 0 Å². The Morgan fingerprint density at radius 2 is 1.95 bits per heavy atom. The molecule has 0 saturated carbocycles. The molecule has 1 heterocycles. The van der Waals surface area contributed by atoms with Crippen molar-refractivity contribution in [2.75, 3.05) is 0 Å². The quantitative estimate of drug-likeness (QED) is 0.627. The van der Waals surface area contributed by atoms with Crippen LogP contribution in [0.3, 0.4) is 0 Å². The molecule has 0 amide bonds. The van der Waals surface area contributed by atoms with Crippen LogP contribution in [0.4, 0.5) is 17.6 Å². The van der Waals surface area contributed by atoms with E-state index in [1.54, 1.807) is 0 Å². The highest BCUT2D eigenvalue weighted by Crippen LogP contribution is 2.33. The van der Waals surface area contributed by atoms with Crippen molar-refractivity contribution in [3.05, 3.63) is 46.1 Å². The molecule has 0 aliphatic rings. The zero-order valence-corrected chi connectivity index (χ0v) is 10.5. The van der Waals surface area contributed by atoms with Crippen LogP contribution in [-0.4, -0.2) is 9.97 Å².